The van der Waals surface area contributed by atoms with Crippen LogP contribution in [-0.2, 0) is 9.59 Å². The molecular weight excluding hydrogens is 172 g/mol. The molecule has 0 aliphatic carbocycles. The molecule has 13 heavy (non-hydrogen) atoms. The molecular formula is C8H16N2O3. The average Bonchev–Trinajstić information content (AvgIpc) is 2.11. The van der Waals surface area contributed by atoms with Crippen LogP contribution in [0.1, 0.15) is 26.7 Å². The number of nitrogens with one attached hydrogen (secondary N) is 1. The van der Waals surface area contributed by atoms with Crippen molar-refractivity contribution >= 4 is 11.9 Å². The van der Waals surface area contributed by atoms with Crippen molar-refractivity contribution in [1.82, 2.24) is 5.32 Å². The number of aliphatic carboxylic acids is 1. The highest BCUT2D eigenvalue weighted by atomic mass is 16.4. The van der Waals surface area contributed by atoms with Crippen molar-refractivity contribution in [3.63, 3.8) is 0 Å². The van der Waals surface area contributed by atoms with E-state index in [0.717, 1.165) is 0 Å². The zero-order valence-electron chi connectivity index (χ0n) is 7.91. The van der Waals surface area contributed by atoms with E-state index < -0.39 is 24.0 Å². The van der Waals surface area contributed by atoms with Gasteiger partial charge in [0, 0.05) is 0 Å². The lowest BCUT2D eigenvalue weighted by molar-refractivity contribution is -0.142. The van der Waals surface area contributed by atoms with E-state index in [-0.39, 0.29) is 0 Å². The molecule has 0 fully saturated rings. The van der Waals surface area contributed by atoms with Gasteiger partial charge in [-0.05, 0) is 12.8 Å². The van der Waals surface area contributed by atoms with E-state index in [4.69, 9.17) is 10.8 Å². The molecule has 0 rings (SSSR count). The number of hydrogen-bond acceptors (Lipinski definition) is 3. The fraction of sp³-hybridized carbons (Fsp3) is 0.750. The Morgan fingerprint density at radius 3 is 2.23 bits per heavy atom. The highest BCUT2D eigenvalue weighted by Crippen LogP contribution is 1.93. The summed E-state index contributed by atoms with van der Waals surface area (Å²) in [6, 6.07) is -1.45. The largest absolute Gasteiger partial charge is 0.480 e. The van der Waals surface area contributed by atoms with Crippen molar-refractivity contribution < 1.29 is 14.7 Å². The maximum Gasteiger partial charge on any atom is 0.326 e. The van der Waals surface area contributed by atoms with Crippen molar-refractivity contribution in [1.29, 1.82) is 0 Å². The first-order valence-electron chi connectivity index (χ1n) is 4.31. The summed E-state index contributed by atoms with van der Waals surface area (Å²) in [4.78, 5) is 21.7. The zero-order valence-corrected chi connectivity index (χ0v) is 7.91. The van der Waals surface area contributed by atoms with Crippen molar-refractivity contribution in [3.05, 3.63) is 0 Å². The van der Waals surface area contributed by atoms with E-state index in [0.29, 0.717) is 12.8 Å². The van der Waals surface area contributed by atoms with Crippen LogP contribution in [0.15, 0.2) is 0 Å². The van der Waals surface area contributed by atoms with E-state index in [1.165, 1.54) is 0 Å². The second-order valence-corrected chi connectivity index (χ2v) is 2.82. The second-order valence-electron chi connectivity index (χ2n) is 2.82. The number of carboxylic acids is 1. The van der Waals surface area contributed by atoms with Gasteiger partial charge in [0.1, 0.15) is 6.04 Å². The molecule has 0 heterocycles. The fourth-order valence-corrected chi connectivity index (χ4v) is 0.803. The van der Waals surface area contributed by atoms with Gasteiger partial charge in [-0.15, -0.1) is 0 Å². The maximum atomic E-state index is 11.1. The summed E-state index contributed by atoms with van der Waals surface area (Å²) < 4.78 is 0. The van der Waals surface area contributed by atoms with E-state index in [9.17, 15) is 9.59 Å². The van der Waals surface area contributed by atoms with Gasteiger partial charge in [-0.1, -0.05) is 13.8 Å². The topological polar surface area (TPSA) is 92.4 Å². The molecule has 0 aromatic heterocycles. The van der Waals surface area contributed by atoms with Crippen LogP contribution < -0.4 is 11.1 Å². The maximum absolute atomic E-state index is 11.1. The minimum atomic E-state index is -1.03. The first-order chi connectivity index (χ1) is 6.02. The fourth-order valence-electron chi connectivity index (χ4n) is 0.803. The van der Waals surface area contributed by atoms with Crippen LogP contribution in [0.5, 0.6) is 0 Å². The third kappa shape index (κ3) is 3.89. The Morgan fingerprint density at radius 1 is 1.38 bits per heavy atom. The van der Waals surface area contributed by atoms with Gasteiger partial charge in [-0.3, -0.25) is 4.79 Å². The van der Waals surface area contributed by atoms with Crippen molar-refractivity contribution in [3.8, 4) is 0 Å². The molecule has 2 atom stereocenters. The summed E-state index contributed by atoms with van der Waals surface area (Å²) in [5.74, 6) is -1.43. The van der Waals surface area contributed by atoms with Crippen molar-refractivity contribution in [2.45, 2.75) is 38.8 Å². The summed E-state index contributed by atoms with van der Waals surface area (Å²) in [6.07, 6.45) is 0.861. The predicted octanol–water partition coefficient (Wildman–Crippen LogP) is -0.297. The Hall–Kier alpha value is -1.10. The number of rotatable bonds is 5. The van der Waals surface area contributed by atoms with Crippen LogP contribution in [-0.4, -0.2) is 29.1 Å². The predicted molar refractivity (Wildman–Crippen MR) is 48.1 cm³/mol. The Morgan fingerprint density at radius 2 is 1.92 bits per heavy atom. The van der Waals surface area contributed by atoms with Crippen LogP contribution >= 0.6 is 0 Å². The van der Waals surface area contributed by atoms with Crippen LogP contribution in [0.4, 0.5) is 0 Å². The Bertz CT molecular complexity index is 194. The van der Waals surface area contributed by atoms with E-state index >= 15 is 0 Å². The van der Waals surface area contributed by atoms with E-state index in [1.54, 1.807) is 13.8 Å². The van der Waals surface area contributed by atoms with Crippen LogP contribution in [0.2, 0.25) is 0 Å². The highest BCUT2D eigenvalue weighted by molar-refractivity contribution is 5.86. The molecule has 0 saturated heterocycles. The lowest BCUT2D eigenvalue weighted by atomic mass is 10.2. The van der Waals surface area contributed by atoms with Gasteiger partial charge in [-0.25, -0.2) is 4.79 Å². The Balaban J connectivity index is 4.09. The molecule has 1 amide bonds. The molecule has 4 N–H and O–H groups in total. The molecule has 0 bridgehead atoms. The summed E-state index contributed by atoms with van der Waals surface area (Å²) in [5, 5.41) is 11.0. The van der Waals surface area contributed by atoms with E-state index in [1.807, 2.05) is 0 Å². The van der Waals surface area contributed by atoms with Gasteiger partial charge in [0.25, 0.3) is 0 Å². The molecule has 0 unspecified atom stereocenters. The van der Waals surface area contributed by atoms with Gasteiger partial charge in [-0.2, -0.15) is 0 Å². The van der Waals surface area contributed by atoms with Crippen LogP contribution in [0, 0.1) is 0 Å². The number of carbonyl (C=O) groups excluding carboxylic acids is 1. The number of carbonyl (C=O) groups is 2. The molecule has 5 nitrogen and oxygen atoms in total. The normalized spacial score (nSPS) is 14.7. The SMILES string of the molecule is CC[C@H](NC(=O)[C@@H](N)CC)C(=O)O. The van der Waals surface area contributed by atoms with Gasteiger partial charge >= 0.3 is 5.97 Å². The first-order valence-corrected chi connectivity index (χ1v) is 4.31. The molecule has 0 radical (unpaired) electrons. The number of amides is 1. The minimum absolute atomic E-state index is 0.359. The molecule has 0 spiro atoms. The van der Waals surface area contributed by atoms with Gasteiger partial charge < -0.3 is 16.2 Å². The quantitative estimate of drug-likeness (QED) is 0.552. The van der Waals surface area contributed by atoms with Crippen LogP contribution in [0.25, 0.3) is 0 Å². The molecule has 0 saturated carbocycles. The third-order valence-electron chi connectivity index (χ3n) is 1.80. The van der Waals surface area contributed by atoms with Gasteiger partial charge in [0.15, 0.2) is 0 Å². The number of carboxylic acid groups (broad SMARTS) is 1. The Labute approximate surface area is 77.3 Å². The average molecular weight is 188 g/mol. The number of nitrogens with two attached hydrogens (primary N) is 1. The highest BCUT2D eigenvalue weighted by Gasteiger charge is 2.20. The molecule has 0 aromatic carbocycles. The molecule has 76 valence electrons. The van der Waals surface area contributed by atoms with Crippen molar-refractivity contribution in [2.24, 2.45) is 5.73 Å². The van der Waals surface area contributed by atoms with Gasteiger partial charge in [0.2, 0.25) is 5.91 Å². The summed E-state index contributed by atoms with van der Waals surface area (Å²) in [5.41, 5.74) is 5.41. The molecule has 0 aliphatic heterocycles. The summed E-state index contributed by atoms with van der Waals surface area (Å²) in [7, 11) is 0. The lowest BCUT2D eigenvalue weighted by Gasteiger charge is -2.15. The first kappa shape index (κ1) is 11.9. The number of hydrogen-bond donors (Lipinski definition) is 3. The smallest absolute Gasteiger partial charge is 0.326 e. The second kappa shape index (κ2) is 5.53. The Kier molecular flexibility index (Phi) is 5.06. The standard InChI is InChI=1S/C8H16N2O3/c1-3-5(9)7(11)10-6(4-2)8(12)13/h5-6H,3-4,9H2,1-2H3,(H,10,11)(H,12,13)/t5-,6-/m0/s1. The lowest BCUT2D eigenvalue weighted by Crippen LogP contribution is -2.47. The molecule has 0 aliphatic rings. The summed E-state index contributed by atoms with van der Waals surface area (Å²) in [6.45, 7) is 3.46. The van der Waals surface area contributed by atoms with Crippen molar-refractivity contribution in [2.75, 3.05) is 0 Å². The zero-order chi connectivity index (χ0) is 10.4. The summed E-state index contributed by atoms with van der Waals surface area (Å²) >= 11 is 0. The molecule has 5 heteroatoms. The van der Waals surface area contributed by atoms with Crippen LogP contribution in [0.3, 0.4) is 0 Å². The minimum Gasteiger partial charge on any atom is -0.480 e. The molecule has 0 aromatic rings. The van der Waals surface area contributed by atoms with E-state index in [2.05, 4.69) is 5.32 Å². The third-order valence-corrected chi connectivity index (χ3v) is 1.80. The van der Waals surface area contributed by atoms with Gasteiger partial charge in [0.05, 0.1) is 6.04 Å². The monoisotopic (exact) mass is 188 g/mol.